The van der Waals surface area contributed by atoms with Crippen molar-refractivity contribution in [3.05, 3.63) is 58.7 Å². The van der Waals surface area contributed by atoms with Gasteiger partial charge in [-0.3, -0.25) is 14.4 Å². The van der Waals surface area contributed by atoms with Crippen molar-refractivity contribution in [1.82, 2.24) is 0 Å². The minimum atomic E-state index is -0.250. The summed E-state index contributed by atoms with van der Waals surface area (Å²) in [4.78, 5) is 40.3. The number of aryl methyl sites for hydroxylation is 2. The predicted octanol–water partition coefficient (Wildman–Crippen LogP) is 11.1. The number of rotatable bonds is 6. The Labute approximate surface area is 319 Å². The summed E-state index contributed by atoms with van der Waals surface area (Å²) in [6.07, 6.45) is 8.23. The van der Waals surface area contributed by atoms with Gasteiger partial charge in [0.05, 0.1) is 20.3 Å². The van der Waals surface area contributed by atoms with Crippen molar-refractivity contribution >= 4 is 17.3 Å². The molecule has 9 atom stereocenters. The Hall–Kier alpha value is -3.46. The van der Waals surface area contributed by atoms with Crippen molar-refractivity contribution in [2.75, 3.05) is 14.2 Å². The van der Waals surface area contributed by atoms with Crippen LogP contribution in [0.1, 0.15) is 139 Å². The summed E-state index contributed by atoms with van der Waals surface area (Å²) >= 11 is 0. The maximum atomic E-state index is 13.8. The largest absolute Gasteiger partial charge is 0.497 e. The van der Waals surface area contributed by atoms with Crippen LogP contribution in [0.15, 0.2) is 36.4 Å². The molecule has 0 saturated heterocycles. The topological polar surface area (TPSA) is 93.5 Å². The molecule has 0 aromatic heterocycles. The fourth-order valence-electron chi connectivity index (χ4n) is 12.2. The molecule has 4 fully saturated rings. The maximum absolute atomic E-state index is 13.8. The second-order valence-corrected chi connectivity index (χ2v) is 19.3. The molecule has 0 bridgehead atoms. The first-order chi connectivity index (χ1) is 24.7. The molecule has 0 radical (unpaired) electrons. The summed E-state index contributed by atoms with van der Waals surface area (Å²) in [6, 6.07) is 14.0. The molecule has 0 aliphatic heterocycles. The van der Waals surface area contributed by atoms with E-state index in [1.54, 1.807) is 14.2 Å². The highest BCUT2D eigenvalue weighted by atomic mass is 16.5. The second-order valence-electron chi connectivity index (χ2n) is 19.3. The number of fused-ring (bicyclic) bond motifs is 2. The van der Waals surface area contributed by atoms with E-state index in [1.165, 1.54) is 6.42 Å². The smallest absolute Gasteiger partial charge is 0.167 e. The van der Waals surface area contributed by atoms with Gasteiger partial charge < -0.3 is 9.47 Å². The molecular formula is C47H65NO5. The molecule has 2 aromatic rings. The Morgan fingerprint density at radius 2 is 1.15 bits per heavy atom. The van der Waals surface area contributed by atoms with Gasteiger partial charge in [-0.25, -0.2) is 0 Å². The highest BCUT2D eigenvalue weighted by Crippen LogP contribution is 2.63. The number of benzene rings is 2. The minimum Gasteiger partial charge on any atom is -0.497 e. The lowest BCUT2D eigenvalue weighted by molar-refractivity contribution is -0.143. The highest BCUT2D eigenvalue weighted by molar-refractivity contribution is 6.02. The average molecular weight is 724 g/mol. The zero-order valence-electron chi connectivity index (χ0n) is 34.7. The first-order valence-electron chi connectivity index (χ1n) is 20.1. The quantitative estimate of drug-likeness (QED) is 0.275. The summed E-state index contributed by atoms with van der Waals surface area (Å²) in [7, 11) is 3.26. The van der Waals surface area contributed by atoms with Crippen LogP contribution in [0, 0.1) is 88.3 Å². The average Bonchev–Trinajstić information content (AvgIpc) is 3.08. The summed E-state index contributed by atoms with van der Waals surface area (Å²) in [6.45, 7) is 21.8. The number of Topliss-reactive ketones (excluding diaryl/α,β-unsaturated/α-hetero) is 3. The fraction of sp³-hybridized carbons (Fsp3) is 0.660. The number of hydrogen-bond donors (Lipinski definition) is 0. The van der Waals surface area contributed by atoms with Crippen LogP contribution in [0.3, 0.4) is 0 Å². The Morgan fingerprint density at radius 3 is 1.62 bits per heavy atom. The van der Waals surface area contributed by atoms with Gasteiger partial charge in [0.2, 0.25) is 0 Å². The Kier molecular flexibility index (Phi) is 11.5. The Balaban J connectivity index is 0.000000204. The van der Waals surface area contributed by atoms with Crippen molar-refractivity contribution in [2.24, 2.45) is 63.1 Å². The van der Waals surface area contributed by atoms with Gasteiger partial charge in [0.25, 0.3) is 0 Å². The lowest BCUT2D eigenvalue weighted by atomic mass is 9.44. The SMILES string of the molecule is COc1cc(C)cc(C(=O)[C@H]2C(C)C(C#N)C[C@H]3C(C)(C)CCC[C@]23C)c1.COc1cc(C)cc(C(=O)[C@H]2[C@@H](C)C(=O)C[C@H]3C(C)(C)CCC[C@]23C)c1. The van der Waals surface area contributed by atoms with Crippen LogP contribution in [0.5, 0.6) is 11.5 Å². The van der Waals surface area contributed by atoms with Crippen LogP contribution < -0.4 is 9.47 Å². The number of nitrogens with zero attached hydrogens (tertiary/aromatic N) is 1. The van der Waals surface area contributed by atoms with E-state index in [-0.39, 0.29) is 74.5 Å². The predicted molar refractivity (Wildman–Crippen MR) is 211 cm³/mol. The van der Waals surface area contributed by atoms with Gasteiger partial charge in [0, 0.05) is 41.2 Å². The van der Waals surface area contributed by atoms with Crippen LogP contribution >= 0.6 is 0 Å². The standard InChI is InChI=1S/C24H33NO2.C23H32O3/c1-15-10-17(12-19(11-15)27-6)22(26)21-16(2)18(14-25)13-20-23(3,4)8-7-9-24(20,21)5;1-14-10-16(12-17(11-14)26-6)21(25)20-15(2)18(24)13-19-22(3,4)8-7-9-23(19,20)5/h10-12,16,18,20-21H,7-9,13H2,1-6H3;10-12,15,19-20H,7-9,13H2,1-6H3/t16?,18?,20-,21+,24-;15-,19-,20+,23-/m00/s1. The van der Waals surface area contributed by atoms with E-state index in [4.69, 9.17) is 9.47 Å². The van der Waals surface area contributed by atoms with E-state index in [9.17, 15) is 19.6 Å². The van der Waals surface area contributed by atoms with E-state index in [1.807, 2.05) is 57.2 Å². The molecule has 4 aliphatic carbocycles. The third kappa shape index (κ3) is 7.48. The van der Waals surface area contributed by atoms with Gasteiger partial charge in [-0.05, 0) is 133 Å². The fourth-order valence-corrected chi connectivity index (χ4v) is 12.2. The molecule has 0 N–H and O–H groups in total. The molecule has 6 rings (SSSR count). The van der Waals surface area contributed by atoms with Crippen LogP contribution in [-0.2, 0) is 4.79 Å². The first kappa shape index (κ1) is 40.7. The molecule has 0 heterocycles. The van der Waals surface area contributed by atoms with Crippen molar-refractivity contribution < 1.29 is 23.9 Å². The van der Waals surface area contributed by atoms with Gasteiger partial charge in [0.1, 0.15) is 17.3 Å². The lowest BCUT2D eigenvalue weighted by Crippen LogP contribution is -2.56. The van der Waals surface area contributed by atoms with E-state index >= 15 is 0 Å². The van der Waals surface area contributed by atoms with Crippen LogP contribution in [-0.4, -0.2) is 31.6 Å². The molecule has 4 aliphatic rings. The number of carbonyl (C=O) groups excluding carboxylic acids is 3. The van der Waals surface area contributed by atoms with Crippen molar-refractivity contribution in [1.29, 1.82) is 5.26 Å². The normalized spacial score (nSPS) is 34.2. The summed E-state index contributed by atoms with van der Waals surface area (Å²) in [5.74, 6) is 2.08. The van der Waals surface area contributed by atoms with E-state index in [0.717, 1.165) is 61.0 Å². The number of carbonyl (C=O) groups is 3. The number of hydrogen-bond acceptors (Lipinski definition) is 6. The molecule has 2 unspecified atom stereocenters. The van der Waals surface area contributed by atoms with Gasteiger partial charge in [-0.1, -0.05) is 68.2 Å². The number of ketones is 3. The Bertz CT molecular complexity index is 1770. The van der Waals surface area contributed by atoms with E-state index in [2.05, 4.69) is 54.5 Å². The van der Waals surface area contributed by atoms with E-state index in [0.29, 0.717) is 23.7 Å². The van der Waals surface area contributed by atoms with Crippen LogP contribution in [0.2, 0.25) is 0 Å². The van der Waals surface area contributed by atoms with Crippen molar-refractivity contribution in [3.8, 4) is 17.6 Å². The molecule has 2 aromatic carbocycles. The molecule has 0 spiro atoms. The number of ether oxygens (including phenoxy) is 2. The van der Waals surface area contributed by atoms with Gasteiger partial charge in [0.15, 0.2) is 11.6 Å². The first-order valence-corrected chi connectivity index (χ1v) is 20.1. The molecular weight excluding hydrogens is 659 g/mol. The minimum absolute atomic E-state index is 0.0530. The summed E-state index contributed by atoms with van der Waals surface area (Å²) in [5, 5.41) is 9.82. The molecule has 6 heteroatoms. The molecule has 4 saturated carbocycles. The van der Waals surface area contributed by atoms with Crippen molar-refractivity contribution in [3.63, 3.8) is 0 Å². The zero-order valence-corrected chi connectivity index (χ0v) is 34.7. The molecule has 6 nitrogen and oxygen atoms in total. The second kappa shape index (κ2) is 15.0. The van der Waals surface area contributed by atoms with Gasteiger partial charge >= 0.3 is 0 Å². The monoisotopic (exact) mass is 723 g/mol. The summed E-state index contributed by atoms with van der Waals surface area (Å²) < 4.78 is 10.8. The van der Waals surface area contributed by atoms with E-state index < -0.39 is 0 Å². The molecule has 0 amide bonds. The Morgan fingerprint density at radius 1 is 0.698 bits per heavy atom. The van der Waals surface area contributed by atoms with Crippen LogP contribution in [0.4, 0.5) is 0 Å². The third-order valence-electron chi connectivity index (χ3n) is 14.9. The maximum Gasteiger partial charge on any atom is 0.167 e. The zero-order chi connectivity index (χ0) is 39.3. The van der Waals surface area contributed by atoms with Crippen molar-refractivity contribution in [2.45, 2.75) is 121 Å². The highest BCUT2D eigenvalue weighted by Gasteiger charge is 2.60. The number of methoxy groups -OCH3 is 2. The van der Waals surface area contributed by atoms with Gasteiger partial charge in [-0.15, -0.1) is 0 Å². The van der Waals surface area contributed by atoms with Crippen LogP contribution in [0.25, 0.3) is 0 Å². The molecule has 288 valence electrons. The lowest BCUT2D eigenvalue weighted by Gasteiger charge is -2.59. The summed E-state index contributed by atoms with van der Waals surface area (Å²) in [5.41, 5.74) is 3.54. The molecule has 53 heavy (non-hydrogen) atoms. The number of nitriles is 1. The van der Waals surface area contributed by atoms with Gasteiger partial charge in [-0.2, -0.15) is 5.26 Å². The third-order valence-corrected chi connectivity index (χ3v) is 14.9.